The van der Waals surface area contributed by atoms with E-state index in [2.05, 4.69) is 0 Å². The first-order valence-electron chi connectivity index (χ1n) is 7.67. The Morgan fingerprint density at radius 2 is 0.905 bits per heavy atom. The van der Waals surface area contributed by atoms with Gasteiger partial charge in [-0.3, -0.25) is 0 Å². The van der Waals surface area contributed by atoms with Crippen molar-refractivity contribution in [2.24, 2.45) is 17.3 Å². The highest BCUT2D eigenvalue weighted by atomic mass is 19.4. The van der Waals surface area contributed by atoms with Crippen LogP contribution >= 0.6 is 0 Å². The minimum Gasteiger partial charge on any atom is -0.170 e. The SMILES string of the molecule is CCCC(CC)C(C(CC)CCC)(C(F)(F)F)C(F)(F)F. The molecule has 0 aromatic heterocycles. The summed E-state index contributed by atoms with van der Waals surface area (Å²) in [5.74, 6) is -2.84. The molecule has 0 saturated heterocycles. The van der Waals surface area contributed by atoms with Gasteiger partial charge in [-0.2, -0.15) is 26.3 Å². The maximum atomic E-state index is 13.7. The molecule has 21 heavy (non-hydrogen) atoms. The van der Waals surface area contributed by atoms with E-state index >= 15 is 0 Å². The van der Waals surface area contributed by atoms with E-state index in [4.69, 9.17) is 0 Å². The number of hydrogen-bond acceptors (Lipinski definition) is 0. The molecular weight excluding hydrogens is 294 g/mol. The summed E-state index contributed by atoms with van der Waals surface area (Å²) in [7, 11) is 0. The molecule has 0 amide bonds. The summed E-state index contributed by atoms with van der Waals surface area (Å²) >= 11 is 0. The summed E-state index contributed by atoms with van der Waals surface area (Å²) in [6.07, 6.45) is -10.3. The largest absolute Gasteiger partial charge is 0.403 e. The van der Waals surface area contributed by atoms with Crippen molar-refractivity contribution < 1.29 is 26.3 Å². The van der Waals surface area contributed by atoms with Crippen LogP contribution in [0.1, 0.15) is 66.2 Å². The Hall–Kier alpha value is -0.420. The summed E-state index contributed by atoms with van der Waals surface area (Å²) in [5, 5.41) is 0. The zero-order chi connectivity index (χ0) is 16.9. The van der Waals surface area contributed by atoms with Crippen molar-refractivity contribution in [2.75, 3.05) is 0 Å². The smallest absolute Gasteiger partial charge is 0.170 e. The van der Waals surface area contributed by atoms with Gasteiger partial charge in [0, 0.05) is 0 Å². The summed E-state index contributed by atoms with van der Waals surface area (Å²) in [4.78, 5) is 0. The van der Waals surface area contributed by atoms with Crippen molar-refractivity contribution in [3.8, 4) is 0 Å². The van der Waals surface area contributed by atoms with Crippen molar-refractivity contribution >= 4 is 0 Å². The van der Waals surface area contributed by atoms with Crippen LogP contribution in [0.3, 0.4) is 0 Å². The molecule has 2 atom stereocenters. The Morgan fingerprint density at radius 3 is 1.05 bits per heavy atom. The van der Waals surface area contributed by atoms with Crippen LogP contribution in [0.5, 0.6) is 0 Å². The number of rotatable bonds is 8. The quantitative estimate of drug-likeness (QED) is 0.434. The minimum atomic E-state index is -5.28. The van der Waals surface area contributed by atoms with Gasteiger partial charge in [-0.25, -0.2) is 0 Å². The third-order valence-electron chi connectivity index (χ3n) is 4.49. The van der Waals surface area contributed by atoms with Crippen LogP contribution in [-0.2, 0) is 0 Å². The predicted octanol–water partition coefficient (Wildman–Crippen LogP) is 6.75. The summed E-state index contributed by atoms with van der Waals surface area (Å²) in [6, 6.07) is 0. The molecule has 6 heteroatoms. The van der Waals surface area contributed by atoms with Gasteiger partial charge in [-0.15, -0.1) is 0 Å². The number of hydrogen-bond donors (Lipinski definition) is 0. The highest BCUT2D eigenvalue weighted by Gasteiger charge is 2.75. The maximum absolute atomic E-state index is 13.7. The molecular formula is C15H26F6. The van der Waals surface area contributed by atoms with Gasteiger partial charge in [0.25, 0.3) is 0 Å². The molecule has 0 aliphatic rings. The van der Waals surface area contributed by atoms with Gasteiger partial charge in [-0.05, 0) is 24.7 Å². The highest BCUT2D eigenvalue weighted by molar-refractivity contribution is 5.02. The Bertz CT molecular complexity index is 262. The summed E-state index contributed by atoms with van der Waals surface area (Å²) in [5.41, 5.74) is -3.59. The monoisotopic (exact) mass is 320 g/mol. The second-order valence-electron chi connectivity index (χ2n) is 5.65. The van der Waals surface area contributed by atoms with Crippen LogP contribution in [-0.4, -0.2) is 12.4 Å². The standard InChI is InChI=1S/C15H26F6/c1-5-9-11(7-3)13(14(16,17)18,15(19,20)21)12(8-4)10-6-2/h11-12H,5-10H2,1-4H3. The number of alkyl halides is 6. The molecule has 0 aliphatic heterocycles. The lowest BCUT2D eigenvalue weighted by Crippen LogP contribution is -2.59. The van der Waals surface area contributed by atoms with Crippen LogP contribution in [0.25, 0.3) is 0 Å². The maximum Gasteiger partial charge on any atom is 0.403 e. The molecule has 2 unspecified atom stereocenters. The Kier molecular flexibility index (Phi) is 7.57. The van der Waals surface area contributed by atoms with E-state index in [9.17, 15) is 26.3 Å². The van der Waals surface area contributed by atoms with Gasteiger partial charge in [-0.1, -0.05) is 53.4 Å². The van der Waals surface area contributed by atoms with Crippen molar-refractivity contribution in [2.45, 2.75) is 78.6 Å². The van der Waals surface area contributed by atoms with Crippen molar-refractivity contribution in [3.05, 3.63) is 0 Å². The average Bonchev–Trinajstić information content (AvgIpc) is 2.33. The Morgan fingerprint density at radius 1 is 0.619 bits per heavy atom. The van der Waals surface area contributed by atoms with Gasteiger partial charge in [0.2, 0.25) is 0 Å². The van der Waals surface area contributed by atoms with Crippen molar-refractivity contribution in [3.63, 3.8) is 0 Å². The normalized spacial score (nSPS) is 16.9. The van der Waals surface area contributed by atoms with Gasteiger partial charge in [0.05, 0.1) is 0 Å². The van der Waals surface area contributed by atoms with Crippen LogP contribution < -0.4 is 0 Å². The molecule has 128 valence electrons. The highest BCUT2D eigenvalue weighted by Crippen LogP contribution is 2.62. The van der Waals surface area contributed by atoms with E-state index in [1.54, 1.807) is 13.8 Å². The van der Waals surface area contributed by atoms with E-state index in [0.29, 0.717) is 12.8 Å². The van der Waals surface area contributed by atoms with E-state index in [1.165, 1.54) is 13.8 Å². The second-order valence-corrected chi connectivity index (χ2v) is 5.65. The lowest BCUT2D eigenvalue weighted by Gasteiger charge is -2.48. The molecule has 0 rings (SSSR count). The molecule has 0 saturated carbocycles. The minimum absolute atomic E-state index is 0.0598. The topological polar surface area (TPSA) is 0 Å². The first-order valence-corrected chi connectivity index (χ1v) is 7.67. The molecule has 0 nitrogen and oxygen atoms in total. The third-order valence-corrected chi connectivity index (χ3v) is 4.49. The van der Waals surface area contributed by atoms with Crippen LogP contribution in [0.15, 0.2) is 0 Å². The van der Waals surface area contributed by atoms with Gasteiger partial charge < -0.3 is 0 Å². The molecule has 0 heterocycles. The first-order chi connectivity index (χ1) is 9.54. The number of halogens is 6. The zero-order valence-corrected chi connectivity index (χ0v) is 13.2. The van der Waals surface area contributed by atoms with Gasteiger partial charge in [0.15, 0.2) is 5.41 Å². The molecule has 0 N–H and O–H groups in total. The van der Waals surface area contributed by atoms with E-state index < -0.39 is 29.6 Å². The second kappa shape index (κ2) is 7.73. The van der Waals surface area contributed by atoms with Crippen molar-refractivity contribution in [1.29, 1.82) is 0 Å². The van der Waals surface area contributed by atoms with Crippen LogP contribution in [0, 0.1) is 17.3 Å². The fourth-order valence-corrected chi connectivity index (χ4v) is 3.62. The van der Waals surface area contributed by atoms with Crippen LogP contribution in [0.2, 0.25) is 0 Å². The summed E-state index contributed by atoms with van der Waals surface area (Å²) < 4.78 is 82.0. The Labute approximate surface area is 123 Å². The molecule has 0 spiro atoms. The molecule has 0 radical (unpaired) electrons. The lowest BCUT2D eigenvalue weighted by molar-refractivity contribution is -0.379. The molecule has 0 fully saturated rings. The van der Waals surface area contributed by atoms with Gasteiger partial charge in [0.1, 0.15) is 0 Å². The fourth-order valence-electron chi connectivity index (χ4n) is 3.62. The van der Waals surface area contributed by atoms with Gasteiger partial charge >= 0.3 is 12.4 Å². The lowest BCUT2D eigenvalue weighted by atomic mass is 9.61. The zero-order valence-electron chi connectivity index (χ0n) is 13.2. The van der Waals surface area contributed by atoms with E-state index in [1.807, 2.05) is 0 Å². The molecule has 0 bridgehead atoms. The molecule has 0 aromatic rings. The van der Waals surface area contributed by atoms with Crippen molar-refractivity contribution in [1.82, 2.24) is 0 Å². The third kappa shape index (κ3) is 3.86. The molecule has 0 aromatic carbocycles. The van der Waals surface area contributed by atoms with E-state index in [0.717, 1.165) is 0 Å². The fraction of sp³-hybridized carbons (Fsp3) is 1.00. The average molecular weight is 320 g/mol. The van der Waals surface area contributed by atoms with Crippen LogP contribution in [0.4, 0.5) is 26.3 Å². The summed E-state index contributed by atoms with van der Waals surface area (Å²) in [6.45, 7) is 6.10. The molecule has 0 aliphatic carbocycles. The van der Waals surface area contributed by atoms with E-state index in [-0.39, 0.29) is 25.7 Å². The first kappa shape index (κ1) is 20.6. The predicted molar refractivity (Wildman–Crippen MR) is 71.9 cm³/mol. The Balaban J connectivity index is 6.23.